The number of benzene rings is 1. The first-order chi connectivity index (χ1) is 8.65. The first kappa shape index (κ1) is 12.9. The summed E-state index contributed by atoms with van der Waals surface area (Å²) in [6, 6.07) is 7.21. The van der Waals surface area contributed by atoms with Gasteiger partial charge in [-0.1, -0.05) is 12.1 Å². The highest BCUT2D eigenvalue weighted by Crippen LogP contribution is 2.17. The van der Waals surface area contributed by atoms with E-state index in [-0.39, 0.29) is 12.0 Å². The quantitative estimate of drug-likeness (QED) is 0.688. The van der Waals surface area contributed by atoms with E-state index >= 15 is 0 Å². The van der Waals surface area contributed by atoms with E-state index < -0.39 is 0 Å². The Bertz CT molecular complexity index is 414. The maximum atomic E-state index is 11.8. The van der Waals surface area contributed by atoms with Crippen molar-refractivity contribution in [2.45, 2.75) is 18.9 Å². The number of nitrogen functional groups attached to an aromatic ring is 1. The molecule has 4 N–H and O–H groups in total. The summed E-state index contributed by atoms with van der Waals surface area (Å²) in [7, 11) is 0. The Labute approximate surface area is 107 Å². The fourth-order valence-corrected chi connectivity index (χ4v) is 2.08. The second-order valence-corrected chi connectivity index (χ2v) is 4.64. The number of carbonyl (C=O) groups is 1. The number of hydrogen-bond acceptors (Lipinski definition) is 4. The van der Waals surface area contributed by atoms with Crippen molar-refractivity contribution in [2.75, 3.05) is 30.7 Å². The number of piperidine rings is 1. The maximum absolute atomic E-state index is 11.8. The van der Waals surface area contributed by atoms with E-state index in [0.717, 1.165) is 25.9 Å². The molecule has 0 unspecified atom stereocenters. The van der Waals surface area contributed by atoms with Gasteiger partial charge < -0.3 is 16.2 Å². The molecule has 1 amide bonds. The van der Waals surface area contributed by atoms with Crippen molar-refractivity contribution in [3.8, 4) is 0 Å². The third-order valence-electron chi connectivity index (χ3n) is 3.16. The van der Waals surface area contributed by atoms with E-state index in [4.69, 9.17) is 5.73 Å². The molecule has 1 aromatic carbocycles. The predicted molar refractivity (Wildman–Crippen MR) is 71.2 cm³/mol. The number of anilines is 2. The van der Waals surface area contributed by atoms with Gasteiger partial charge in [0.15, 0.2) is 0 Å². The van der Waals surface area contributed by atoms with Crippen molar-refractivity contribution in [1.82, 2.24) is 4.90 Å². The van der Waals surface area contributed by atoms with Gasteiger partial charge in [0.2, 0.25) is 5.91 Å². The van der Waals surface area contributed by atoms with Gasteiger partial charge in [0.25, 0.3) is 0 Å². The van der Waals surface area contributed by atoms with Crippen LogP contribution in [0.4, 0.5) is 11.4 Å². The first-order valence-electron chi connectivity index (χ1n) is 6.20. The van der Waals surface area contributed by atoms with Crippen molar-refractivity contribution >= 4 is 17.3 Å². The molecular formula is C13H19N3O2. The van der Waals surface area contributed by atoms with Gasteiger partial charge in [0.1, 0.15) is 0 Å². The van der Waals surface area contributed by atoms with E-state index in [1.54, 1.807) is 12.1 Å². The fraction of sp³-hybridized carbons (Fsp3) is 0.462. The lowest BCUT2D eigenvalue weighted by molar-refractivity contribution is -0.117. The molecule has 1 aliphatic rings. The summed E-state index contributed by atoms with van der Waals surface area (Å²) < 4.78 is 0. The van der Waals surface area contributed by atoms with Gasteiger partial charge in [0.05, 0.1) is 24.0 Å². The molecule has 1 heterocycles. The average Bonchev–Trinajstić information content (AvgIpc) is 2.35. The van der Waals surface area contributed by atoms with Crippen LogP contribution in [0.15, 0.2) is 24.3 Å². The van der Waals surface area contributed by atoms with Crippen LogP contribution in [0, 0.1) is 0 Å². The van der Waals surface area contributed by atoms with Gasteiger partial charge in [0, 0.05) is 13.1 Å². The lowest BCUT2D eigenvalue weighted by Gasteiger charge is -2.28. The Kier molecular flexibility index (Phi) is 4.17. The van der Waals surface area contributed by atoms with E-state index in [1.165, 1.54) is 0 Å². The van der Waals surface area contributed by atoms with Crippen LogP contribution in [0.2, 0.25) is 0 Å². The maximum Gasteiger partial charge on any atom is 0.238 e. The Balaban J connectivity index is 1.84. The van der Waals surface area contributed by atoms with Crippen LogP contribution in [-0.2, 0) is 4.79 Å². The summed E-state index contributed by atoms with van der Waals surface area (Å²) in [5.74, 6) is -0.0655. The van der Waals surface area contributed by atoms with Crippen molar-refractivity contribution in [2.24, 2.45) is 0 Å². The van der Waals surface area contributed by atoms with Gasteiger partial charge in [-0.05, 0) is 25.0 Å². The normalized spacial score (nSPS) is 17.6. The summed E-state index contributed by atoms with van der Waals surface area (Å²) in [5, 5.41) is 12.2. The number of carbonyl (C=O) groups excluding carboxylic acids is 1. The number of para-hydroxylation sites is 2. The number of nitrogens with two attached hydrogens (primary N) is 1. The summed E-state index contributed by atoms with van der Waals surface area (Å²) >= 11 is 0. The molecule has 5 heteroatoms. The zero-order chi connectivity index (χ0) is 13.0. The van der Waals surface area contributed by atoms with Crippen LogP contribution >= 0.6 is 0 Å². The van der Waals surface area contributed by atoms with Crippen LogP contribution in [0.5, 0.6) is 0 Å². The van der Waals surface area contributed by atoms with Crippen molar-refractivity contribution in [3.05, 3.63) is 24.3 Å². The monoisotopic (exact) mass is 249 g/mol. The molecule has 0 radical (unpaired) electrons. The van der Waals surface area contributed by atoms with E-state index in [1.807, 2.05) is 17.0 Å². The second kappa shape index (κ2) is 5.84. The Hall–Kier alpha value is -1.59. The summed E-state index contributed by atoms with van der Waals surface area (Å²) in [6.07, 6.45) is 1.26. The molecule has 0 spiro atoms. The summed E-state index contributed by atoms with van der Waals surface area (Å²) in [4.78, 5) is 13.9. The second-order valence-electron chi connectivity index (χ2n) is 4.64. The number of aliphatic hydroxyl groups excluding tert-OH is 1. The van der Waals surface area contributed by atoms with Gasteiger partial charge in [-0.2, -0.15) is 0 Å². The molecule has 1 aromatic rings. The molecule has 2 rings (SSSR count). The number of rotatable bonds is 3. The Morgan fingerprint density at radius 1 is 1.39 bits per heavy atom. The number of amides is 1. The Morgan fingerprint density at radius 2 is 2.06 bits per heavy atom. The molecular weight excluding hydrogens is 230 g/mol. The molecule has 98 valence electrons. The minimum absolute atomic E-state index is 0.0655. The van der Waals surface area contributed by atoms with Gasteiger partial charge in [-0.3, -0.25) is 9.69 Å². The number of likely N-dealkylation sites (tertiary alicyclic amines) is 1. The van der Waals surface area contributed by atoms with Crippen molar-refractivity contribution in [1.29, 1.82) is 0 Å². The number of nitrogens with zero attached hydrogens (tertiary/aromatic N) is 1. The highest BCUT2D eigenvalue weighted by atomic mass is 16.3. The van der Waals surface area contributed by atoms with Crippen LogP contribution in [0.1, 0.15) is 12.8 Å². The van der Waals surface area contributed by atoms with Crippen LogP contribution in [0.3, 0.4) is 0 Å². The topological polar surface area (TPSA) is 78.6 Å². The zero-order valence-electron chi connectivity index (χ0n) is 10.3. The minimum atomic E-state index is -0.214. The SMILES string of the molecule is Nc1ccccc1NC(=O)CN1CCC(O)CC1. The van der Waals surface area contributed by atoms with Crippen LogP contribution in [-0.4, -0.2) is 41.7 Å². The molecule has 0 bridgehead atoms. The Morgan fingerprint density at radius 3 is 2.72 bits per heavy atom. The molecule has 0 saturated carbocycles. The molecule has 1 fully saturated rings. The highest BCUT2D eigenvalue weighted by Gasteiger charge is 2.19. The molecule has 5 nitrogen and oxygen atoms in total. The lowest BCUT2D eigenvalue weighted by atomic mass is 10.1. The zero-order valence-corrected chi connectivity index (χ0v) is 10.3. The van der Waals surface area contributed by atoms with E-state index in [2.05, 4.69) is 5.32 Å². The third-order valence-corrected chi connectivity index (χ3v) is 3.16. The van der Waals surface area contributed by atoms with Gasteiger partial charge >= 0.3 is 0 Å². The highest BCUT2D eigenvalue weighted by molar-refractivity contribution is 5.95. The molecule has 0 aromatic heterocycles. The molecule has 18 heavy (non-hydrogen) atoms. The minimum Gasteiger partial charge on any atom is -0.397 e. The largest absolute Gasteiger partial charge is 0.397 e. The molecule has 1 aliphatic heterocycles. The summed E-state index contributed by atoms with van der Waals surface area (Å²) in [6.45, 7) is 1.87. The van der Waals surface area contributed by atoms with Crippen molar-refractivity contribution in [3.63, 3.8) is 0 Å². The van der Waals surface area contributed by atoms with Crippen LogP contribution < -0.4 is 11.1 Å². The summed E-state index contributed by atoms with van der Waals surface area (Å²) in [5.41, 5.74) is 6.98. The number of aliphatic hydroxyl groups is 1. The predicted octanol–water partition coefficient (Wildman–Crippen LogP) is 0.664. The number of hydrogen-bond donors (Lipinski definition) is 3. The van der Waals surface area contributed by atoms with Gasteiger partial charge in [-0.15, -0.1) is 0 Å². The van der Waals surface area contributed by atoms with Gasteiger partial charge in [-0.25, -0.2) is 0 Å². The molecule has 0 atom stereocenters. The molecule has 1 saturated heterocycles. The smallest absolute Gasteiger partial charge is 0.238 e. The first-order valence-corrected chi connectivity index (χ1v) is 6.20. The van der Waals surface area contributed by atoms with E-state index in [9.17, 15) is 9.90 Å². The third kappa shape index (κ3) is 3.45. The standard InChI is InChI=1S/C13H19N3O2/c14-11-3-1-2-4-12(11)15-13(18)9-16-7-5-10(17)6-8-16/h1-4,10,17H,5-9,14H2,(H,15,18). The molecule has 0 aliphatic carbocycles. The average molecular weight is 249 g/mol. The van der Waals surface area contributed by atoms with E-state index in [0.29, 0.717) is 17.9 Å². The lowest BCUT2D eigenvalue weighted by Crippen LogP contribution is -2.40. The van der Waals surface area contributed by atoms with Crippen molar-refractivity contribution < 1.29 is 9.90 Å². The number of nitrogens with one attached hydrogen (secondary N) is 1. The van der Waals surface area contributed by atoms with Crippen LogP contribution in [0.25, 0.3) is 0 Å². The fourth-order valence-electron chi connectivity index (χ4n) is 2.08.